The second-order valence-electron chi connectivity index (χ2n) is 5.78. The van der Waals surface area contributed by atoms with Crippen molar-refractivity contribution in [3.05, 3.63) is 0 Å². The molecule has 1 amide bonds. The lowest BCUT2D eigenvalue weighted by atomic mass is 9.88. The molecule has 1 aliphatic heterocycles. The number of halogens is 1. The molecule has 1 atom stereocenters. The number of carbonyl (C=O) groups excluding carboxylic acids is 1. The van der Waals surface area contributed by atoms with Crippen LogP contribution in [-0.4, -0.2) is 25.5 Å². The number of rotatable bonds is 3. The highest BCUT2D eigenvalue weighted by molar-refractivity contribution is 5.85. The van der Waals surface area contributed by atoms with Crippen LogP contribution < -0.4 is 10.6 Å². The molecule has 0 aromatic rings. The van der Waals surface area contributed by atoms with Crippen molar-refractivity contribution >= 4 is 18.3 Å². The molecule has 3 nitrogen and oxygen atoms in total. The third-order valence-electron chi connectivity index (χ3n) is 4.17. The van der Waals surface area contributed by atoms with Crippen LogP contribution in [0.4, 0.5) is 0 Å². The van der Waals surface area contributed by atoms with E-state index in [1.165, 1.54) is 25.7 Å². The molecule has 2 fully saturated rings. The monoisotopic (exact) mass is 260 g/mol. The van der Waals surface area contributed by atoms with E-state index in [9.17, 15) is 4.79 Å². The van der Waals surface area contributed by atoms with E-state index in [0.717, 1.165) is 32.5 Å². The van der Waals surface area contributed by atoms with E-state index in [1.54, 1.807) is 0 Å². The SMILES string of the molecule is CC1(CNC(=O)C2CCCNC2)CCCC1.Cl. The molecule has 100 valence electrons. The van der Waals surface area contributed by atoms with Crippen LogP contribution in [0.2, 0.25) is 0 Å². The maximum atomic E-state index is 11.9. The Hall–Kier alpha value is -0.280. The third-order valence-corrected chi connectivity index (χ3v) is 4.17. The summed E-state index contributed by atoms with van der Waals surface area (Å²) < 4.78 is 0. The first kappa shape index (κ1) is 14.8. The summed E-state index contributed by atoms with van der Waals surface area (Å²) in [6.45, 7) is 5.12. The Labute approximate surface area is 111 Å². The highest BCUT2D eigenvalue weighted by Crippen LogP contribution is 2.36. The number of nitrogens with one attached hydrogen (secondary N) is 2. The highest BCUT2D eigenvalue weighted by Gasteiger charge is 2.30. The van der Waals surface area contributed by atoms with Gasteiger partial charge in [-0.25, -0.2) is 0 Å². The van der Waals surface area contributed by atoms with Crippen LogP contribution in [-0.2, 0) is 4.79 Å². The van der Waals surface area contributed by atoms with Gasteiger partial charge in [-0.1, -0.05) is 19.8 Å². The van der Waals surface area contributed by atoms with Gasteiger partial charge in [-0.15, -0.1) is 12.4 Å². The van der Waals surface area contributed by atoms with Crippen LogP contribution in [0.15, 0.2) is 0 Å². The van der Waals surface area contributed by atoms with Gasteiger partial charge in [0.25, 0.3) is 0 Å². The Morgan fingerprint density at radius 1 is 1.35 bits per heavy atom. The van der Waals surface area contributed by atoms with Crippen molar-refractivity contribution < 1.29 is 4.79 Å². The Bertz CT molecular complexity index is 246. The number of hydrogen-bond acceptors (Lipinski definition) is 2. The summed E-state index contributed by atoms with van der Waals surface area (Å²) in [6.07, 6.45) is 7.39. The largest absolute Gasteiger partial charge is 0.355 e. The standard InChI is InChI=1S/C13H24N2O.ClH/c1-13(6-2-3-7-13)10-15-12(16)11-5-4-8-14-9-11;/h11,14H,2-10H2,1H3,(H,15,16);1H. The molecule has 0 aromatic heterocycles. The maximum Gasteiger partial charge on any atom is 0.224 e. The predicted molar refractivity (Wildman–Crippen MR) is 72.4 cm³/mol. The minimum atomic E-state index is 0. The maximum absolute atomic E-state index is 11.9. The van der Waals surface area contributed by atoms with Crippen molar-refractivity contribution in [3.8, 4) is 0 Å². The number of carbonyl (C=O) groups is 1. The fourth-order valence-corrected chi connectivity index (χ4v) is 2.93. The van der Waals surface area contributed by atoms with E-state index in [0.29, 0.717) is 5.41 Å². The van der Waals surface area contributed by atoms with Crippen molar-refractivity contribution in [2.24, 2.45) is 11.3 Å². The lowest BCUT2D eigenvalue weighted by Gasteiger charge is -2.27. The minimum Gasteiger partial charge on any atom is -0.355 e. The first-order chi connectivity index (χ1) is 7.70. The van der Waals surface area contributed by atoms with Crippen molar-refractivity contribution in [1.82, 2.24) is 10.6 Å². The molecular formula is C13H25ClN2O. The van der Waals surface area contributed by atoms with E-state index in [4.69, 9.17) is 0 Å². The van der Waals surface area contributed by atoms with Crippen LogP contribution >= 0.6 is 12.4 Å². The minimum absolute atomic E-state index is 0. The van der Waals surface area contributed by atoms with Gasteiger partial charge in [0.1, 0.15) is 0 Å². The molecule has 2 aliphatic rings. The Morgan fingerprint density at radius 2 is 2.06 bits per heavy atom. The number of amides is 1. The molecule has 0 spiro atoms. The zero-order valence-electron chi connectivity index (χ0n) is 10.8. The second kappa shape index (κ2) is 6.60. The van der Waals surface area contributed by atoms with Gasteiger partial charge in [-0.2, -0.15) is 0 Å². The zero-order chi connectivity index (χ0) is 11.4. The summed E-state index contributed by atoms with van der Waals surface area (Å²) in [5, 5.41) is 6.45. The summed E-state index contributed by atoms with van der Waals surface area (Å²) in [6, 6.07) is 0. The predicted octanol–water partition coefficient (Wildman–Crippen LogP) is 2.10. The second-order valence-corrected chi connectivity index (χ2v) is 5.78. The van der Waals surface area contributed by atoms with Crippen LogP contribution in [0.5, 0.6) is 0 Å². The molecule has 2 N–H and O–H groups in total. The molecule has 17 heavy (non-hydrogen) atoms. The van der Waals surface area contributed by atoms with E-state index in [-0.39, 0.29) is 24.2 Å². The molecule has 1 saturated carbocycles. The van der Waals surface area contributed by atoms with E-state index in [2.05, 4.69) is 17.6 Å². The van der Waals surface area contributed by atoms with Gasteiger partial charge in [-0.05, 0) is 37.6 Å². The van der Waals surface area contributed by atoms with E-state index < -0.39 is 0 Å². The van der Waals surface area contributed by atoms with Crippen LogP contribution in [0.1, 0.15) is 45.4 Å². The normalized spacial score (nSPS) is 27.2. The molecule has 0 bridgehead atoms. The van der Waals surface area contributed by atoms with E-state index in [1.807, 2.05) is 0 Å². The van der Waals surface area contributed by atoms with Crippen molar-refractivity contribution in [1.29, 1.82) is 0 Å². The van der Waals surface area contributed by atoms with Gasteiger partial charge in [0, 0.05) is 13.1 Å². The van der Waals surface area contributed by atoms with Crippen molar-refractivity contribution in [2.75, 3.05) is 19.6 Å². The van der Waals surface area contributed by atoms with Crippen LogP contribution in [0.3, 0.4) is 0 Å². The molecule has 1 aliphatic carbocycles. The summed E-state index contributed by atoms with van der Waals surface area (Å²) in [4.78, 5) is 11.9. The number of piperidine rings is 1. The third kappa shape index (κ3) is 4.14. The highest BCUT2D eigenvalue weighted by atomic mass is 35.5. The van der Waals surface area contributed by atoms with Crippen LogP contribution in [0, 0.1) is 11.3 Å². The lowest BCUT2D eigenvalue weighted by molar-refractivity contribution is -0.125. The Balaban J connectivity index is 0.00000144. The fraction of sp³-hybridized carbons (Fsp3) is 0.923. The summed E-state index contributed by atoms with van der Waals surface area (Å²) in [5.41, 5.74) is 0.373. The molecule has 1 heterocycles. The lowest BCUT2D eigenvalue weighted by Crippen LogP contribution is -2.43. The smallest absolute Gasteiger partial charge is 0.224 e. The molecular weight excluding hydrogens is 236 g/mol. The van der Waals surface area contributed by atoms with Gasteiger partial charge in [0.2, 0.25) is 5.91 Å². The zero-order valence-corrected chi connectivity index (χ0v) is 11.6. The van der Waals surface area contributed by atoms with Gasteiger partial charge >= 0.3 is 0 Å². The van der Waals surface area contributed by atoms with Gasteiger partial charge in [0.15, 0.2) is 0 Å². The average molecular weight is 261 g/mol. The van der Waals surface area contributed by atoms with Crippen LogP contribution in [0.25, 0.3) is 0 Å². The van der Waals surface area contributed by atoms with Gasteiger partial charge in [-0.3, -0.25) is 4.79 Å². The van der Waals surface area contributed by atoms with Crippen molar-refractivity contribution in [3.63, 3.8) is 0 Å². The quantitative estimate of drug-likeness (QED) is 0.816. The summed E-state index contributed by atoms with van der Waals surface area (Å²) >= 11 is 0. The molecule has 2 rings (SSSR count). The van der Waals surface area contributed by atoms with Gasteiger partial charge in [0.05, 0.1) is 5.92 Å². The first-order valence-corrected chi connectivity index (χ1v) is 6.68. The summed E-state index contributed by atoms with van der Waals surface area (Å²) in [5.74, 6) is 0.471. The Morgan fingerprint density at radius 3 is 2.65 bits per heavy atom. The Kier molecular flexibility index (Phi) is 5.74. The molecule has 0 radical (unpaired) electrons. The molecule has 4 heteroatoms. The number of hydrogen-bond donors (Lipinski definition) is 2. The first-order valence-electron chi connectivity index (χ1n) is 6.68. The molecule has 1 unspecified atom stereocenters. The molecule has 1 saturated heterocycles. The average Bonchev–Trinajstić information content (AvgIpc) is 2.75. The van der Waals surface area contributed by atoms with Gasteiger partial charge < -0.3 is 10.6 Å². The topological polar surface area (TPSA) is 41.1 Å². The van der Waals surface area contributed by atoms with Crippen molar-refractivity contribution in [2.45, 2.75) is 45.4 Å². The van der Waals surface area contributed by atoms with E-state index >= 15 is 0 Å². The fourth-order valence-electron chi connectivity index (χ4n) is 2.93. The summed E-state index contributed by atoms with van der Waals surface area (Å²) in [7, 11) is 0. The molecule has 0 aromatic carbocycles.